The van der Waals surface area contributed by atoms with Gasteiger partial charge >= 0.3 is 0 Å². The Labute approximate surface area is 86.6 Å². The maximum absolute atomic E-state index is 11.4. The molecule has 0 atom stereocenters. The van der Waals surface area contributed by atoms with Gasteiger partial charge in [0.1, 0.15) is 5.76 Å². The van der Waals surface area contributed by atoms with Crippen molar-refractivity contribution in [2.24, 2.45) is 5.73 Å². The van der Waals surface area contributed by atoms with Gasteiger partial charge in [0, 0.05) is 6.42 Å². The van der Waals surface area contributed by atoms with Crippen LogP contribution in [0.3, 0.4) is 0 Å². The van der Waals surface area contributed by atoms with Gasteiger partial charge in [-0.3, -0.25) is 15.6 Å². The van der Waals surface area contributed by atoms with Crippen LogP contribution in [0.5, 0.6) is 0 Å². The minimum atomic E-state index is -0.316. The highest BCUT2D eigenvalue weighted by molar-refractivity contribution is 7.80. The van der Waals surface area contributed by atoms with Crippen LogP contribution >= 0.6 is 12.2 Å². The molecule has 5 nitrogen and oxygen atoms in total. The summed E-state index contributed by atoms with van der Waals surface area (Å²) >= 11 is 4.53. The van der Waals surface area contributed by atoms with E-state index in [0.717, 1.165) is 0 Å². The third-order valence-corrected chi connectivity index (χ3v) is 1.71. The lowest BCUT2D eigenvalue weighted by Crippen LogP contribution is -2.44. The standard InChI is InChI=1S/C8H11N3O2S/c1-2-6-5(3-4-13-6)7(12)10-11-8(9)14/h3-4H,2H2,1H3,(H,10,12)(H3,9,11,14). The van der Waals surface area contributed by atoms with Crippen LogP contribution < -0.4 is 16.6 Å². The average Bonchev–Trinajstić information content (AvgIpc) is 2.61. The summed E-state index contributed by atoms with van der Waals surface area (Å²) < 4.78 is 5.09. The minimum Gasteiger partial charge on any atom is -0.469 e. The molecule has 4 N–H and O–H groups in total. The first-order valence-electron chi connectivity index (χ1n) is 4.07. The van der Waals surface area contributed by atoms with E-state index in [2.05, 4.69) is 23.1 Å². The highest BCUT2D eigenvalue weighted by Crippen LogP contribution is 2.10. The van der Waals surface area contributed by atoms with Gasteiger partial charge < -0.3 is 10.2 Å². The van der Waals surface area contributed by atoms with E-state index >= 15 is 0 Å². The number of carbonyl (C=O) groups is 1. The van der Waals surface area contributed by atoms with Crippen LogP contribution in [0.2, 0.25) is 0 Å². The number of nitrogens with one attached hydrogen (secondary N) is 2. The summed E-state index contributed by atoms with van der Waals surface area (Å²) in [7, 11) is 0. The summed E-state index contributed by atoms with van der Waals surface area (Å²) in [5.41, 5.74) is 10.3. The van der Waals surface area contributed by atoms with Gasteiger partial charge in [-0.2, -0.15) is 0 Å². The van der Waals surface area contributed by atoms with E-state index in [1.165, 1.54) is 6.26 Å². The summed E-state index contributed by atoms with van der Waals surface area (Å²) in [6.45, 7) is 1.90. The van der Waals surface area contributed by atoms with Crippen molar-refractivity contribution in [1.82, 2.24) is 10.9 Å². The second kappa shape index (κ2) is 4.61. The van der Waals surface area contributed by atoms with E-state index in [1.54, 1.807) is 6.07 Å². The molecular formula is C8H11N3O2S. The molecule has 0 fully saturated rings. The number of rotatable bonds is 2. The summed E-state index contributed by atoms with van der Waals surface area (Å²) in [5.74, 6) is 0.315. The van der Waals surface area contributed by atoms with E-state index in [4.69, 9.17) is 10.2 Å². The molecule has 1 heterocycles. The molecule has 6 heteroatoms. The molecule has 14 heavy (non-hydrogen) atoms. The largest absolute Gasteiger partial charge is 0.469 e. The normalized spacial score (nSPS) is 9.50. The van der Waals surface area contributed by atoms with Crippen molar-refractivity contribution in [3.63, 3.8) is 0 Å². The fourth-order valence-corrected chi connectivity index (χ4v) is 1.05. The molecule has 76 valence electrons. The second-order valence-corrected chi connectivity index (χ2v) is 2.99. The van der Waals surface area contributed by atoms with E-state index in [0.29, 0.717) is 17.7 Å². The number of thiocarbonyl (C=S) groups is 1. The average molecular weight is 213 g/mol. The van der Waals surface area contributed by atoms with Gasteiger partial charge in [-0.15, -0.1) is 0 Å². The maximum Gasteiger partial charge on any atom is 0.273 e. The van der Waals surface area contributed by atoms with Crippen LogP contribution in [0.1, 0.15) is 23.0 Å². The zero-order chi connectivity index (χ0) is 10.6. The Morgan fingerprint density at radius 2 is 2.36 bits per heavy atom. The zero-order valence-corrected chi connectivity index (χ0v) is 8.48. The molecule has 0 aliphatic rings. The topological polar surface area (TPSA) is 80.3 Å². The summed E-state index contributed by atoms with van der Waals surface area (Å²) in [5, 5.41) is 0.0138. The van der Waals surface area contributed by atoms with Crippen LogP contribution in [0, 0.1) is 0 Å². The molecule has 0 aliphatic carbocycles. The lowest BCUT2D eigenvalue weighted by Gasteiger charge is -2.05. The molecule has 1 aromatic rings. The maximum atomic E-state index is 11.4. The van der Waals surface area contributed by atoms with Crippen molar-refractivity contribution in [2.75, 3.05) is 0 Å². The van der Waals surface area contributed by atoms with E-state index < -0.39 is 0 Å². The molecule has 0 saturated heterocycles. The first-order chi connectivity index (χ1) is 6.65. The molecule has 0 aromatic carbocycles. The molecule has 0 saturated carbocycles. The van der Waals surface area contributed by atoms with Crippen molar-refractivity contribution in [3.8, 4) is 0 Å². The third-order valence-electron chi connectivity index (χ3n) is 1.61. The number of hydrazine groups is 1. The zero-order valence-electron chi connectivity index (χ0n) is 7.66. The van der Waals surface area contributed by atoms with Crippen LogP contribution in [0.15, 0.2) is 16.7 Å². The molecular weight excluding hydrogens is 202 g/mol. The van der Waals surface area contributed by atoms with Gasteiger partial charge in [0.2, 0.25) is 0 Å². The van der Waals surface area contributed by atoms with Gasteiger partial charge in [-0.1, -0.05) is 6.92 Å². The summed E-state index contributed by atoms with van der Waals surface area (Å²) in [6, 6.07) is 1.59. The smallest absolute Gasteiger partial charge is 0.273 e. The number of hydrogen-bond acceptors (Lipinski definition) is 3. The van der Waals surface area contributed by atoms with E-state index in [-0.39, 0.29) is 11.0 Å². The molecule has 1 aromatic heterocycles. The summed E-state index contributed by atoms with van der Waals surface area (Å²) in [6.07, 6.45) is 2.12. The van der Waals surface area contributed by atoms with E-state index in [1.807, 2.05) is 6.92 Å². The predicted molar refractivity (Wildman–Crippen MR) is 55.5 cm³/mol. The summed E-state index contributed by atoms with van der Waals surface area (Å²) in [4.78, 5) is 11.4. The van der Waals surface area contributed by atoms with Gasteiger partial charge in [-0.05, 0) is 18.3 Å². The minimum absolute atomic E-state index is 0.0138. The molecule has 0 aliphatic heterocycles. The van der Waals surface area contributed by atoms with Gasteiger partial charge in [0.25, 0.3) is 5.91 Å². The van der Waals surface area contributed by atoms with Gasteiger partial charge in [0.15, 0.2) is 5.11 Å². The SMILES string of the molecule is CCc1occc1C(=O)NNC(N)=S. The van der Waals surface area contributed by atoms with Crippen molar-refractivity contribution in [2.45, 2.75) is 13.3 Å². The Morgan fingerprint density at radius 1 is 1.64 bits per heavy atom. The van der Waals surface area contributed by atoms with Gasteiger partial charge in [0.05, 0.1) is 11.8 Å². The monoisotopic (exact) mass is 213 g/mol. The number of amides is 1. The number of hydrogen-bond donors (Lipinski definition) is 3. The lowest BCUT2D eigenvalue weighted by atomic mass is 10.2. The molecule has 0 radical (unpaired) electrons. The van der Waals surface area contributed by atoms with Crippen molar-refractivity contribution in [1.29, 1.82) is 0 Å². The van der Waals surface area contributed by atoms with Crippen molar-refractivity contribution in [3.05, 3.63) is 23.7 Å². The van der Waals surface area contributed by atoms with Crippen molar-refractivity contribution < 1.29 is 9.21 Å². The molecule has 0 bridgehead atoms. The fourth-order valence-electron chi connectivity index (χ4n) is 1.00. The van der Waals surface area contributed by atoms with Crippen LogP contribution in [-0.4, -0.2) is 11.0 Å². The highest BCUT2D eigenvalue weighted by Gasteiger charge is 2.12. The van der Waals surface area contributed by atoms with E-state index in [9.17, 15) is 4.79 Å². The molecule has 0 unspecified atom stereocenters. The molecule has 1 rings (SSSR count). The second-order valence-electron chi connectivity index (χ2n) is 2.55. The Morgan fingerprint density at radius 3 is 2.93 bits per heavy atom. The predicted octanol–water partition coefficient (Wildman–Crippen LogP) is 0.320. The number of nitrogens with two attached hydrogens (primary N) is 1. The Balaban J connectivity index is 2.64. The Kier molecular flexibility index (Phi) is 3.47. The third kappa shape index (κ3) is 2.46. The van der Waals surface area contributed by atoms with Crippen LogP contribution in [-0.2, 0) is 6.42 Å². The number of furan rings is 1. The quantitative estimate of drug-likeness (QED) is 0.487. The molecule has 1 amide bonds. The first-order valence-corrected chi connectivity index (χ1v) is 4.48. The number of carbonyl (C=O) groups excluding carboxylic acids is 1. The lowest BCUT2D eigenvalue weighted by molar-refractivity contribution is 0.0942. The highest BCUT2D eigenvalue weighted by atomic mass is 32.1. The van der Waals surface area contributed by atoms with Crippen molar-refractivity contribution >= 4 is 23.2 Å². The first kappa shape index (κ1) is 10.5. The Hall–Kier alpha value is -1.56. The van der Waals surface area contributed by atoms with Gasteiger partial charge in [-0.25, -0.2) is 0 Å². The van der Waals surface area contributed by atoms with Crippen LogP contribution in [0.4, 0.5) is 0 Å². The Bertz CT molecular complexity index is 348. The molecule has 0 spiro atoms. The fraction of sp³-hybridized carbons (Fsp3) is 0.250. The van der Waals surface area contributed by atoms with Crippen LogP contribution in [0.25, 0.3) is 0 Å². The number of aryl methyl sites for hydroxylation is 1.